The average molecular weight is 263 g/mol. The summed E-state index contributed by atoms with van der Waals surface area (Å²) >= 11 is 0. The van der Waals surface area contributed by atoms with Crippen LogP contribution < -0.4 is 10.6 Å². The van der Waals surface area contributed by atoms with E-state index in [2.05, 4.69) is 5.16 Å². The van der Waals surface area contributed by atoms with E-state index in [0.717, 1.165) is 0 Å². The summed E-state index contributed by atoms with van der Waals surface area (Å²) < 4.78 is 24.2. The van der Waals surface area contributed by atoms with Crippen molar-refractivity contribution in [1.29, 1.82) is 0 Å². The molecule has 5 nitrogen and oxygen atoms in total. The fourth-order valence-electron chi connectivity index (χ4n) is 2.15. The van der Waals surface area contributed by atoms with Gasteiger partial charge in [0.15, 0.2) is 0 Å². The molecule has 0 spiro atoms. The van der Waals surface area contributed by atoms with Gasteiger partial charge in [-0.15, -0.1) is 0 Å². The Morgan fingerprint density at radius 2 is 2.00 bits per heavy atom. The van der Waals surface area contributed by atoms with Crippen LogP contribution in [0.2, 0.25) is 0 Å². The molecule has 2 heterocycles. The quantitative estimate of drug-likeness (QED) is 0.896. The minimum Gasteiger partial charge on any atom is -0.378 e. The van der Waals surface area contributed by atoms with Gasteiger partial charge in [0.2, 0.25) is 5.88 Å². The number of anilines is 2. The van der Waals surface area contributed by atoms with Gasteiger partial charge in [-0.05, 0) is 12.1 Å². The minimum absolute atomic E-state index is 0.215. The zero-order valence-electron chi connectivity index (χ0n) is 10.3. The Labute approximate surface area is 109 Å². The molecule has 0 aliphatic carbocycles. The lowest BCUT2D eigenvalue weighted by Gasteiger charge is -2.29. The van der Waals surface area contributed by atoms with Gasteiger partial charge in [0.1, 0.15) is 11.5 Å². The number of aromatic nitrogens is 1. The molecule has 0 bridgehead atoms. The highest BCUT2D eigenvalue weighted by Crippen LogP contribution is 2.27. The molecule has 6 heteroatoms. The molecule has 0 radical (unpaired) electrons. The zero-order chi connectivity index (χ0) is 13.2. The number of rotatable bonds is 2. The SMILES string of the molecule is Nc1cc(-c2ccc(N3CCOCC3)c(F)c2)no1. The fraction of sp³-hybridized carbons (Fsp3) is 0.308. The molecule has 19 heavy (non-hydrogen) atoms. The van der Waals surface area contributed by atoms with Crippen molar-refractivity contribution in [2.24, 2.45) is 0 Å². The number of morpholine rings is 1. The van der Waals surface area contributed by atoms with Crippen molar-refractivity contribution in [2.45, 2.75) is 0 Å². The van der Waals surface area contributed by atoms with Gasteiger partial charge in [-0.1, -0.05) is 11.2 Å². The van der Waals surface area contributed by atoms with Crippen molar-refractivity contribution in [3.8, 4) is 11.3 Å². The highest BCUT2D eigenvalue weighted by Gasteiger charge is 2.16. The number of nitrogen functional groups attached to an aromatic ring is 1. The number of benzene rings is 1. The molecule has 0 amide bonds. The van der Waals surface area contributed by atoms with E-state index in [9.17, 15) is 4.39 Å². The van der Waals surface area contributed by atoms with Crippen LogP contribution in [0.5, 0.6) is 0 Å². The van der Waals surface area contributed by atoms with Gasteiger partial charge in [-0.2, -0.15) is 0 Å². The molecule has 1 aromatic heterocycles. The number of nitrogens with zero attached hydrogens (tertiary/aromatic N) is 2. The van der Waals surface area contributed by atoms with Gasteiger partial charge in [0, 0.05) is 24.7 Å². The first-order chi connectivity index (χ1) is 9.24. The Hall–Kier alpha value is -2.08. The van der Waals surface area contributed by atoms with Crippen LogP contribution in [0.25, 0.3) is 11.3 Å². The Bertz CT molecular complexity index is 579. The van der Waals surface area contributed by atoms with Crippen molar-refractivity contribution in [3.63, 3.8) is 0 Å². The van der Waals surface area contributed by atoms with Gasteiger partial charge >= 0.3 is 0 Å². The highest BCUT2D eigenvalue weighted by molar-refractivity contribution is 5.65. The first-order valence-corrected chi connectivity index (χ1v) is 6.09. The molecule has 1 aromatic carbocycles. The number of hydrogen-bond donors (Lipinski definition) is 1. The van der Waals surface area contributed by atoms with Crippen LogP contribution in [0.1, 0.15) is 0 Å². The molecule has 1 aliphatic rings. The van der Waals surface area contributed by atoms with Crippen LogP contribution >= 0.6 is 0 Å². The third-order valence-corrected chi connectivity index (χ3v) is 3.12. The number of hydrogen-bond acceptors (Lipinski definition) is 5. The summed E-state index contributed by atoms with van der Waals surface area (Å²) in [5, 5.41) is 3.77. The summed E-state index contributed by atoms with van der Waals surface area (Å²) in [7, 11) is 0. The summed E-state index contributed by atoms with van der Waals surface area (Å²) in [4.78, 5) is 1.97. The molecule has 0 unspecified atom stereocenters. The minimum atomic E-state index is -0.277. The second-order valence-corrected chi connectivity index (χ2v) is 4.38. The van der Waals surface area contributed by atoms with Gasteiger partial charge in [0.25, 0.3) is 0 Å². The summed E-state index contributed by atoms with van der Waals surface area (Å²) in [6, 6.07) is 6.58. The van der Waals surface area contributed by atoms with Crippen LogP contribution in [0.4, 0.5) is 16.0 Å². The molecule has 2 aromatic rings. The maximum Gasteiger partial charge on any atom is 0.222 e. The molecule has 0 saturated carbocycles. The Balaban J connectivity index is 1.89. The molecular weight excluding hydrogens is 249 g/mol. The van der Waals surface area contributed by atoms with E-state index in [4.69, 9.17) is 15.0 Å². The summed E-state index contributed by atoms with van der Waals surface area (Å²) in [5.74, 6) is -0.0614. The summed E-state index contributed by atoms with van der Waals surface area (Å²) in [6.07, 6.45) is 0. The topological polar surface area (TPSA) is 64.5 Å². The molecule has 1 fully saturated rings. The van der Waals surface area contributed by atoms with Crippen LogP contribution in [0.3, 0.4) is 0 Å². The number of ether oxygens (including phenoxy) is 1. The van der Waals surface area contributed by atoms with Gasteiger partial charge in [0.05, 0.1) is 18.9 Å². The molecule has 1 aliphatic heterocycles. The van der Waals surface area contributed by atoms with Crippen LogP contribution in [0, 0.1) is 5.82 Å². The van der Waals surface area contributed by atoms with E-state index in [1.807, 2.05) is 11.0 Å². The number of nitrogens with two attached hydrogens (primary N) is 1. The van der Waals surface area contributed by atoms with E-state index in [0.29, 0.717) is 43.2 Å². The first kappa shape index (κ1) is 12.0. The van der Waals surface area contributed by atoms with Crippen molar-refractivity contribution in [2.75, 3.05) is 36.9 Å². The highest BCUT2D eigenvalue weighted by atomic mass is 19.1. The molecule has 2 N–H and O–H groups in total. The maximum atomic E-state index is 14.2. The molecule has 0 atom stereocenters. The Morgan fingerprint density at radius 1 is 1.21 bits per heavy atom. The van der Waals surface area contributed by atoms with E-state index < -0.39 is 0 Å². The van der Waals surface area contributed by atoms with Crippen molar-refractivity contribution in [1.82, 2.24) is 5.16 Å². The Kier molecular flexibility index (Phi) is 3.08. The third-order valence-electron chi connectivity index (χ3n) is 3.12. The van der Waals surface area contributed by atoms with Gasteiger partial charge in [-0.3, -0.25) is 0 Å². The molecule has 1 saturated heterocycles. The van der Waals surface area contributed by atoms with Crippen LogP contribution in [-0.4, -0.2) is 31.5 Å². The van der Waals surface area contributed by atoms with E-state index in [-0.39, 0.29) is 11.7 Å². The lowest BCUT2D eigenvalue weighted by Crippen LogP contribution is -2.36. The van der Waals surface area contributed by atoms with E-state index in [1.54, 1.807) is 12.1 Å². The summed E-state index contributed by atoms with van der Waals surface area (Å²) in [6.45, 7) is 2.66. The summed E-state index contributed by atoms with van der Waals surface area (Å²) in [5.41, 5.74) is 7.22. The lowest BCUT2D eigenvalue weighted by molar-refractivity contribution is 0.122. The Morgan fingerprint density at radius 3 is 2.63 bits per heavy atom. The predicted octanol–water partition coefficient (Wildman–Crippen LogP) is 1.90. The van der Waals surface area contributed by atoms with Gasteiger partial charge < -0.3 is 19.9 Å². The van der Waals surface area contributed by atoms with Crippen LogP contribution in [-0.2, 0) is 4.74 Å². The van der Waals surface area contributed by atoms with Crippen molar-refractivity contribution >= 4 is 11.6 Å². The second-order valence-electron chi connectivity index (χ2n) is 4.38. The smallest absolute Gasteiger partial charge is 0.222 e. The normalized spacial score (nSPS) is 15.7. The predicted molar refractivity (Wildman–Crippen MR) is 69.3 cm³/mol. The molecular formula is C13H14FN3O2. The van der Waals surface area contributed by atoms with Crippen molar-refractivity contribution in [3.05, 3.63) is 30.1 Å². The zero-order valence-corrected chi connectivity index (χ0v) is 10.3. The van der Waals surface area contributed by atoms with Crippen molar-refractivity contribution < 1.29 is 13.7 Å². The largest absolute Gasteiger partial charge is 0.378 e. The monoisotopic (exact) mass is 263 g/mol. The number of halogens is 1. The van der Waals surface area contributed by atoms with E-state index in [1.165, 1.54) is 6.07 Å². The molecule has 100 valence electrons. The van der Waals surface area contributed by atoms with E-state index >= 15 is 0 Å². The lowest BCUT2D eigenvalue weighted by atomic mass is 10.1. The third kappa shape index (κ3) is 2.39. The van der Waals surface area contributed by atoms with Crippen LogP contribution in [0.15, 0.2) is 28.8 Å². The first-order valence-electron chi connectivity index (χ1n) is 6.09. The standard InChI is InChI=1S/C13H14FN3O2/c14-10-7-9(11-8-13(15)19-16-11)1-2-12(10)17-3-5-18-6-4-17/h1-2,7-8H,3-6,15H2. The maximum absolute atomic E-state index is 14.2. The average Bonchev–Trinajstić information content (AvgIpc) is 2.86. The van der Waals surface area contributed by atoms with Gasteiger partial charge in [-0.25, -0.2) is 4.39 Å². The molecule has 3 rings (SSSR count). The second kappa shape index (κ2) is 4.89. The fourth-order valence-corrected chi connectivity index (χ4v) is 2.15.